The molecule has 2 saturated carbocycles. The first-order valence-electron chi connectivity index (χ1n) is 16.1. The monoisotopic (exact) mass is 656 g/mol. The van der Waals surface area contributed by atoms with Gasteiger partial charge in [-0.25, -0.2) is 0 Å². The van der Waals surface area contributed by atoms with Gasteiger partial charge < -0.3 is 18.6 Å². The van der Waals surface area contributed by atoms with E-state index in [0.29, 0.717) is 25.7 Å². The Kier molecular flexibility index (Phi) is 10.3. The summed E-state index contributed by atoms with van der Waals surface area (Å²) < 4.78 is 50.3. The number of rotatable bonds is 9. The van der Waals surface area contributed by atoms with Crippen LogP contribution in [0.1, 0.15) is 94.9 Å². The first-order valence-corrected chi connectivity index (χ1v) is 19.7. The molecule has 1 heterocycles. The summed E-state index contributed by atoms with van der Waals surface area (Å²) in [5.74, 6) is -2.23. The van der Waals surface area contributed by atoms with E-state index in [0.717, 1.165) is 29.3 Å². The highest BCUT2D eigenvalue weighted by Gasteiger charge is 2.70. The number of carbonyl (C=O) groups is 3. The normalized spacial score (nSPS) is 38.1. The molecule has 9 atom stereocenters. The smallest absolute Gasteiger partial charge is 0.305 e. The van der Waals surface area contributed by atoms with Gasteiger partial charge in [-0.1, -0.05) is 41.5 Å². The maximum absolute atomic E-state index is 13.0. The van der Waals surface area contributed by atoms with Crippen LogP contribution in [0.2, 0.25) is 18.1 Å². The highest BCUT2D eigenvalue weighted by molar-refractivity contribution is 7.75. The van der Waals surface area contributed by atoms with E-state index in [-0.39, 0.29) is 24.6 Å². The molecule has 0 radical (unpaired) electrons. The lowest BCUT2D eigenvalue weighted by Gasteiger charge is -2.61. The van der Waals surface area contributed by atoms with Crippen LogP contribution in [0.25, 0.3) is 0 Å². The molecule has 3 fully saturated rings. The van der Waals surface area contributed by atoms with Crippen molar-refractivity contribution in [3.63, 3.8) is 0 Å². The van der Waals surface area contributed by atoms with Crippen molar-refractivity contribution in [2.45, 2.75) is 143 Å². The molecule has 0 N–H and O–H groups in total. The van der Waals surface area contributed by atoms with Gasteiger partial charge in [-0.05, 0) is 72.7 Å². The second-order valence-electron chi connectivity index (χ2n) is 14.2. The van der Waals surface area contributed by atoms with E-state index in [2.05, 4.69) is 48.5 Å². The standard InChI is InChI=1S/C32H52O10SSi/c1-11-44(12-2,13-3)41-24-16-23-28(39-22(7)35)29-31(10,17-25(38-21(6)34)27(19(24)4)30(23,8)9)15-14-26-32(29,18-37-20(5)33)42-43(36)40-26/h23-26,28-29H,11-18H2,1-10H3/t23?,24-,25-,26-,28+,29?,31-,32-,43?/m0/s1. The Morgan fingerprint density at radius 2 is 1.57 bits per heavy atom. The van der Waals surface area contributed by atoms with Crippen LogP contribution in [0.5, 0.6) is 0 Å². The molecule has 0 aromatic carbocycles. The predicted molar refractivity (Wildman–Crippen MR) is 167 cm³/mol. The van der Waals surface area contributed by atoms with Gasteiger partial charge in [-0.15, -0.1) is 0 Å². The minimum Gasteiger partial charge on any atom is -0.463 e. The number of fused-ring (bicyclic) bond motifs is 5. The first kappa shape index (κ1) is 35.3. The highest BCUT2D eigenvalue weighted by Crippen LogP contribution is 2.63. The van der Waals surface area contributed by atoms with Gasteiger partial charge in [0.05, 0.1) is 6.10 Å². The fourth-order valence-electron chi connectivity index (χ4n) is 9.09. The topological polar surface area (TPSA) is 124 Å². The third kappa shape index (κ3) is 6.22. The molecule has 1 saturated heterocycles. The number of hydrogen-bond donors (Lipinski definition) is 0. The molecule has 12 heteroatoms. The van der Waals surface area contributed by atoms with Crippen molar-refractivity contribution in [2.24, 2.45) is 22.7 Å². The van der Waals surface area contributed by atoms with E-state index >= 15 is 0 Å². The molecule has 0 spiro atoms. The molecule has 10 nitrogen and oxygen atoms in total. The SMILES string of the molecule is CC[Si](CC)(CC)O[C@H]1CC2[C@@H](OC(C)=O)C3[C@@](C)(CC[C@@H]4OS(=O)O[C@]34COC(C)=O)C[C@H](OC(C)=O)C(=C1C)C2(C)C. The maximum atomic E-state index is 13.0. The predicted octanol–water partition coefficient (Wildman–Crippen LogP) is 5.72. The Morgan fingerprint density at radius 3 is 2.11 bits per heavy atom. The van der Waals surface area contributed by atoms with Crippen molar-refractivity contribution >= 4 is 37.6 Å². The van der Waals surface area contributed by atoms with Crippen LogP contribution in [-0.4, -0.2) is 67.1 Å². The summed E-state index contributed by atoms with van der Waals surface area (Å²) in [7, 11) is -2.09. The van der Waals surface area contributed by atoms with Crippen LogP contribution in [0.15, 0.2) is 11.1 Å². The van der Waals surface area contributed by atoms with Crippen LogP contribution >= 0.6 is 0 Å². The molecule has 1 aliphatic heterocycles. The summed E-state index contributed by atoms with van der Waals surface area (Å²) in [6.07, 6.45) is -0.127. The number of ether oxygens (including phenoxy) is 3. The molecule has 3 unspecified atom stereocenters. The second-order valence-corrected chi connectivity index (χ2v) is 19.7. The third-order valence-electron chi connectivity index (χ3n) is 11.4. The molecule has 250 valence electrons. The van der Waals surface area contributed by atoms with Crippen molar-refractivity contribution < 1.29 is 45.6 Å². The lowest BCUT2D eigenvalue weighted by Crippen LogP contribution is -2.68. The van der Waals surface area contributed by atoms with Crippen LogP contribution in [-0.2, 0) is 52.7 Å². The summed E-state index contributed by atoms with van der Waals surface area (Å²) in [4.78, 5) is 37.8. The van der Waals surface area contributed by atoms with E-state index in [9.17, 15) is 18.6 Å². The summed E-state index contributed by atoms with van der Waals surface area (Å²) in [5.41, 5.74) is -0.482. The molecule has 0 amide bonds. The molecule has 44 heavy (non-hydrogen) atoms. The molecule has 3 aliphatic carbocycles. The van der Waals surface area contributed by atoms with Gasteiger partial charge in [-0.3, -0.25) is 22.7 Å². The highest BCUT2D eigenvalue weighted by atomic mass is 32.2. The Bertz CT molecular complexity index is 1190. The molecule has 4 aliphatic rings. The van der Waals surface area contributed by atoms with Gasteiger partial charge >= 0.3 is 29.3 Å². The Labute approximate surface area is 266 Å². The van der Waals surface area contributed by atoms with E-state index < -0.39 is 72.3 Å². The molecule has 4 rings (SSSR count). The van der Waals surface area contributed by atoms with Crippen molar-refractivity contribution in [3.05, 3.63) is 11.1 Å². The molecule has 0 aromatic heterocycles. The average molecular weight is 657 g/mol. The van der Waals surface area contributed by atoms with Crippen LogP contribution in [0, 0.1) is 22.7 Å². The molecular weight excluding hydrogens is 604 g/mol. The van der Waals surface area contributed by atoms with Gasteiger partial charge in [-0.2, -0.15) is 4.21 Å². The third-order valence-corrected chi connectivity index (χ3v) is 16.8. The summed E-state index contributed by atoms with van der Waals surface area (Å²) in [6, 6.07) is 2.91. The fraction of sp³-hybridized carbons (Fsp3) is 0.844. The van der Waals surface area contributed by atoms with Crippen LogP contribution in [0.3, 0.4) is 0 Å². The van der Waals surface area contributed by atoms with E-state index in [1.54, 1.807) is 0 Å². The van der Waals surface area contributed by atoms with Crippen molar-refractivity contribution in [2.75, 3.05) is 6.61 Å². The van der Waals surface area contributed by atoms with Gasteiger partial charge in [0.25, 0.3) is 0 Å². The minimum atomic E-state index is -2.09. The average Bonchev–Trinajstić information content (AvgIpc) is 3.25. The summed E-state index contributed by atoms with van der Waals surface area (Å²) >= 11 is -2.09. The molecule has 0 aromatic rings. The quantitative estimate of drug-likeness (QED) is 0.132. The Hall–Kier alpha value is -1.60. The van der Waals surface area contributed by atoms with E-state index in [4.69, 9.17) is 27.0 Å². The summed E-state index contributed by atoms with van der Waals surface area (Å²) in [6.45, 7) is 18.9. The molecule has 2 bridgehead atoms. The van der Waals surface area contributed by atoms with Crippen LogP contribution < -0.4 is 0 Å². The lowest BCUT2D eigenvalue weighted by molar-refractivity contribution is -0.221. The molecular formula is C32H52O10SSi. The van der Waals surface area contributed by atoms with Gasteiger partial charge in [0.1, 0.15) is 24.9 Å². The number of esters is 3. The fourth-order valence-corrected chi connectivity index (χ4v) is 13.0. The van der Waals surface area contributed by atoms with E-state index in [1.165, 1.54) is 20.8 Å². The maximum Gasteiger partial charge on any atom is 0.305 e. The Morgan fingerprint density at radius 1 is 0.955 bits per heavy atom. The van der Waals surface area contributed by atoms with Gasteiger partial charge in [0, 0.05) is 32.6 Å². The number of carbonyl (C=O) groups excluding carboxylic acids is 3. The zero-order valence-corrected chi connectivity index (χ0v) is 29.9. The van der Waals surface area contributed by atoms with E-state index in [1.807, 2.05) is 0 Å². The zero-order valence-electron chi connectivity index (χ0n) is 28.1. The summed E-state index contributed by atoms with van der Waals surface area (Å²) in [5, 5.41) is 0. The minimum absolute atomic E-state index is 0.207. The van der Waals surface area contributed by atoms with Crippen molar-refractivity contribution in [1.29, 1.82) is 0 Å². The largest absolute Gasteiger partial charge is 0.463 e. The first-order chi connectivity index (χ1) is 20.5. The van der Waals surface area contributed by atoms with Crippen molar-refractivity contribution in [1.82, 2.24) is 0 Å². The van der Waals surface area contributed by atoms with Gasteiger partial charge in [0.15, 0.2) is 13.9 Å². The Balaban J connectivity index is 2.00. The van der Waals surface area contributed by atoms with Crippen LogP contribution in [0.4, 0.5) is 0 Å². The lowest BCUT2D eigenvalue weighted by atomic mass is 9.48. The second kappa shape index (κ2) is 12.9. The van der Waals surface area contributed by atoms with Crippen molar-refractivity contribution in [3.8, 4) is 0 Å². The van der Waals surface area contributed by atoms with Gasteiger partial charge in [0.2, 0.25) is 0 Å². The zero-order chi connectivity index (χ0) is 32.8. The number of hydrogen-bond acceptors (Lipinski definition) is 10.